The SMILES string of the molecule is O=c1c(Cl)c(Oc2ccccc2[N+](=O)[O-])cnn1-c1ccccc1. The van der Waals surface area contributed by atoms with E-state index in [0.717, 1.165) is 4.68 Å². The molecule has 3 rings (SSSR count). The molecule has 0 N–H and O–H groups in total. The highest BCUT2D eigenvalue weighted by atomic mass is 35.5. The van der Waals surface area contributed by atoms with E-state index in [1.165, 1.54) is 24.4 Å². The fourth-order valence-electron chi connectivity index (χ4n) is 2.05. The molecule has 1 aromatic heterocycles. The molecule has 0 bridgehead atoms. The van der Waals surface area contributed by atoms with Gasteiger partial charge in [-0.25, -0.2) is 0 Å². The Morgan fingerprint density at radius 3 is 2.42 bits per heavy atom. The van der Waals surface area contributed by atoms with Crippen LogP contribution in [-0.2, 0) is 0 Å². The van der Waals surface area contributed by atoms with Crippen molar-refractivity contribution in [1.82, 2.24) is 9.78 Å². The van der Waals surface area contributed by atoms with Gasteiger partial charge in [-0.15, -0.1) is 0 Å². The molecule has 0 atom stereocenters. The summed E-state index contributed by atoms with van der Waals surface area (Å²) in [5.74, 6) is -0.0776. The topological polar surface area (TPSA) is 87.3 Å². The van der Waals surface area contributed by atoms with E-state index in [9.17, 15) is 14.9 Å². The summed E-state index contributed by atoms with van der Waals surface area (Å²) in [4.78, 5) is 22.8. The van der Waals surface area contributed by atoms with Gasteiger partial charge in [0, 0.05) is 6.07 Å². The van der Waals surface area contributed by atoms with Crippen LogP contribution in [0.1, 0.15) is 0 Å². The summed E-state index contributed by atoms with van der Waals surface area (Å²) in [6, 6.07) is 14.5. The molecule has 0 saturated heterocycles. The monoisotopic (exact) mass is 343 g/mol. The van der Waals surface area contributed by atoms with Crippen LogP contribution in [0.25, 0.3) is 5.69 Å². The summed E-state index contributed by atoms with van der Waals surface area (Å²) < 4.78 is 6.54. The van der Waals surface area contributed by atoms with E-state index in [4.69, 9.17) is 16.3 Å². The third kappa shape index (κ3) is 2.97. The van der Waals surface area contributed by atoms with Gasteiger partial charge >= 0.3 is 5.69 Å². The molecule has 0 aliphatic rings. The predicted molar refractivity (Wildman–Crippen MR) is 88.0 cm³/mol. The molecule has 0 fully saturated rings. The van der Waals surface area contributed by atoms with E-state index in [1.54, 1.807) is 30.3 Å². The van der Waals surface area contributed by atoms with Gasteiger partial charge in [0.15, 0.2) is 10.8 Å². The van der Waals surface area contributed by atoms with E-state index in [1.807, 2.05) is 6.07 Å². The Balaban J connectivity index is 2.02. The van der Waals surface area contributed by atoms with Crippen molar-refractivity contribution in [3.63, 3.8) is 0 Å². The van der Waals surface area contributed by atoms with Gasteiger partial charge in [0.2, 0.25) is 5.75 Å². The maximum atomic E-state index is 12.4. The number of nitro groups is 1. The molecule has 0 amide bonds. The zero-order valence-electron chi connectivity index (χ0n) is 12.1. The molecule has 0 saturated carbocycles. The molecule has 0 aliphatic carbocycles. The predicted octanol–water partition coefficient (Wildman–Crippen LogP) is 3.59. The fourth-order valence-corrected chi connectivity index (χ4v) is 2.22. The van der Waals surface area contributed by atoms with Crippen molar-refractivity contribution in [1.29, 1.82) is 0 Å². The summed E-state index contributed by atoms with van der Waals surface area (Å²) in [6.07, 6.45) is 1.24. The number of nitro benzene ring substituents is 1. The van der Waals surface area contributed by atoms with Gasteiger partial charge in [0.1, 0.15) is 0 Å². The fraction of sp³-hybridized carbons (Fsp3) is 0. The first kappa shape index (κ1) is 15.7. The number of ether oxygens (including phenoxy) is 1. The van der Waals surface area contributed by atoms with Gasteiger partial charge < -0.3 is 4.74 Å². The number of rotatable bonds is 4. The lowest BCUT2D eigenvalue weighted by molar-refractivity contribution is -0.385. The molecule has 1 heterocycles. The first-order chi connectivity index (χ1) is 11.6. The van der Waals surface area contributed by atoms with Crippen LogP contribution in [-0.4, -0.2) is 14.7 Å². The first-order valence-corrected chi connectivity index (χ1v) is 7.20. The number of halogens is 1. The molecule has 120 valence electrons. The lowest BCUT2D eigenvalue weighted by Crippen LogP contribution is -2.21. The number of hydrogen-bond donors (Lipinski definition) is 0. The van der Waals surface area contributed by atoms with Crippen LogP contribution in [0.4, 0.5) is 5.69 Å². The van der Waals surface area contributed by atoms with Gasteiger partial charge in [0.05, 0.1) is 16.8 Å². The normalized spacial score (nSPS) is 10.4. The number of para-hydroxylation sites is 3. The van der Waals surface area contributed by atoms with E-state index in [-0.39, 0.29) is 22.2 Å². The molecule has 3 aromatic rings. The van der Waals surface area contributed by atoms with Gasteiger partial charge in [0.25, 0.3) is 5.56 Å². The lowest BCUT2D eigenvalue weighted by atomic mass is 10.3. The van der Waals surface area contributed by atoms with Crippen molar-refractivity contribution in [3.05, 3.63) is 86.3 Å². The van der Waals surface area contributed by atoms with Gasteiger partial charge in [-0.1, -0.05) is 41.9 Å². The summed E-state index contributed by atoms with van der Waals surface area (Å²) in [5.41, 5.74) is -0.276. The van der Waals surface area contributed by atoms with Crippen molar-refractivity contribution in [2.75, 3.05) is 0 Å². The smallest absolute Gasteiger partial charge is 0.311 e. The third-order valence-electron chi connectivity index (χ3n) is 3.17. The second-order valence-electron chi connectivity index (χ2n) is 4.70. The highest BCUT2D eigenvalue weighted by Crippen LogP contribution is 2.32. The van der Waals surface area contributed by atoms with E-state index >= 15 is 0 Å². The number of benzene rings is 2. The molecule has 0 unspecified atom stereocenters. The Labute approximate surface area is 140 Å². The average molecular weight is 344 g/mol. The zero-order valence-corrected chi connectivity index (χ0v) is 12.9. The van der Waals surface area contributed by atoms with Crippen molar-refractivity contribution < 1.29 is 9.66 Å². The standard InChI is InChI=1S/C16H10ClN3O4/c17-15-14(24-13-9-5-4-8-12(13)20(22)23)10-18-19(16(15)21)11-6-2-1-3-7-11/h1-10H. The molecular weight excluding hydrogens is 334 g/mol. The average Bonchev–Trinajstić information content (AvgIpc) is 2.60. The Bertz CT molecular complexity index is 957. The van der Waals surface area contributed by atoms with Crippen LogP contribution in [0, 0.1) is 10.1 Å². The molecule has 0 aliphatic heterocycles. The zero-order chi connectivity index (χ0) is 17.1. The number of nitrogens with zero attached hydrogens (tertiary/aromatic N) is 3. The molecule has 24 heavy (non-hydrogen) atoms. The van der Waals surface area contributed by atoms with Crippen molar-refractivity contribution >= 4 is 17.3 Å². The van der Waals surface area contributed by atoms with E-state index in [0.29, 0.717) is 5.69 Å². The molecule has 2 aromatic carbocycles. The quantitative estimate of drug-likeness (QED) is 0.533. The summed E-state index contributed by atoms with van der Waals surface area (Å²) in [5, 5.41) is 14.8. The highest BCUT2D eigenvalue weighted by molar-refractivity contribution is 6.31. The third-order valence-corrected chi connectivity index (χ3v) is 3.52. The van der Waals surface area contributed by atoms with Crippen molar-refractivity contribution in [2.45, 2.75) is 0 Å². The van der Waals surface area contributed by atoms with Crippen LogP contribution in [0.15, 0.2) is 65.6 Å². The Hall–Kier alpha value is -3.19. The van der Waals surface area contributed by atoms with Gasteiger partial charge in [-0.3, -0.25) is 14.9 Å². The largest absolute Gasteiger partial charge is 0.447 e. The van der Waals surface area contributed by atoms with Crippen molar-refractivity contribution in [2.24, 2.45) is 0 Å². The Kier molecular flexibility index (Phi) is 4.26. The maximum absolute atomic E-state index is 12.4. The van der Waals surface area contributed by atoms with Gasteiger partial charge in [-0.2, -0.15) is 9.78 Å². The van der Waals surface area contributed by atoms with Crippen LogP contribution >= 0.6 is 11.6 Å². The molecule has 8 heteroatoms. The van der Waals surface area contributed by atoms with Crippen LogP contribution in [0.5, 0.6) is 11.5 Å². The Morgan fingerprint density at radius 1 is 1.04 bits per heavy atom. The summed E-state index contributed by atoms with van der Waals surface area (Å²) in [7, 11) is 0. The summed E-state index contributed by atoms with van der Waals surface area (Å²) in [6.45, 7) is 0. The van der Waals surface area contributed by atoms with E-state index < -0.39 is 10.5 Å². The van der Waals surface area contributed by atoms with Gasteiger partial charge in [-0.05, 0) is 18.2 Å². The summed E-state index contributed by atoms with van der Waals surface area (Å²) >= 11 is 6.06. The number of aromatic nitrogens is 2. The van der Waals surface area contributed by atoms with Crippen molar-refractivity contribution in [3.8, 4) is 17.2 Å². The number of hydrogen-bond acceptors (Lipinski definition) is 5. The highest BCUT2D eigenvalue weighted by Gasteiger charge is 2.18. The molecule has 7 nitrogen and oxygen atoms in total. The lowest BCUT2D eigenvalue weighted by Gasteiger charge is -2.09. The molecule has 0 spiro atoms. The first-order valence-electron chi connectivity index (χ1n) is 6.82. The minimum absolute atomic E-state index is 0.0249. The second-order valence-corrected chi connectivity index (χ2v) is 5.08. The maximum Gasteiger partial charge on any atom is 0.311 e. The second kappa shape index (κ2) is 6.51. The molecular formula is C16H10ClN3O4. The Morgan fingerprint density at radius 2 is 1.71 bits per heavy atom. The van der Waals surface area contributed by atoms with E-state index in [2.05, 4.69) is 5.10 Å². The minimum atomic E-state index is -0.584. The molecule has 0 radical (unpaired) electrons. The van der Waals surface area contributed by atoms with Crippen LogP contribution in [0.2, 0.25) is 5.02 Å². The van der Waals surface area contributed by atoms with Crippen LogP contribution < -0.4 is 10.3 Å². The van der Waals surface area contributed by atoms with Crippen LogP contribution in [0.3, 0.4) is 0 Å². The minimum Gasteiger partial charge on any atom is -0.447 e.